The summed E-state index contributed by atoms with van der Waals surface area (Å²) in [6, 6.07) is 5.21. The number of rotatable bonds is 3. The average Bonchev–Trinajstić information content (AvgIpc) is 2.86. The zero-order chi connectivity index (χ0) is 14.9. The lowest BCUT2D eigenvalue weighted by molar-refractivity contribution is -0.383. The zero-order valence-corrected chi connectivity index (χ0v) is 12.2. The maximum Gasteiger partial charge on any atom is 0.316 e. The Morgan fingerprint density at radius 2 is 2.15 bits per heavy atom. The first-order chi connectivity index (χ1) is 9.34. The highest BCUT2D eigenvalue weighted by Gasteiger charge is 2.34. The Labute approximate surface area is 119 Å². The lowest BCUT2D eigenvalue weighted by Crippen LogP contribution is -2.26. The van der Waals surface area contributed by atoms with Crippen LogP contribution in [-0.2, 0) is 0 Å². The van der Waals surface area contributed by atoms with Crippen LogP contribution in [0.5, 0.6) is 0 Å². The van der Waals surface area contributed by atoms with Gasteiger partial charge in [-0.05, 0) is 29.9 Å². The van der Waals surface area contributed by atoms with Crippen LogP contribution in [-0.4, -0.2) is 18.0 Å². The van der Waals surface area contributed by atoms with Crippen LogP contribution in [0.25, 0.3) is 0 Å². The molecular weight excluding hydrogens is 256 g/mol. The van der Waals surface area contributed by atoms with E-state index >= 15 is 0 Å². The van der Waals surface area contributed by atoms with Gasteiger partial charge in [-0.3, -0.25) is 16.0 Å². The number of para-hydroxylation sites is 1. The van der Waals surface area contributed by atoms with E-state index in [1.54, 1.807) is 18.2 Å². The van der Waals surface area contributed by atoms with E-state index < -0.39 is 0 Å². The second-order valence-corrected chi connectivity index (χ2v) is 6.37. The molecule has 1 heterocycles. The van der Waals surface area contributed by atoms with E-state index in [0.717, 1.165) is 19.5 Å². The molecule has 0 radical (unpaired) electrons. The molecule has 3 N–H and O–H groups in total. The lowest BCUT2D eigenvalue weighted by atomic mass is 9.80. The van der Waals surface area contributed by atoms with Gasteiger partial charge >= 0.3 is 5.69 Å². The van der Waals surface area contributed by atoms with Crippen LogP contribution in [0.1, 0.15) is 27.2 Å². The fourth-order valence-electron chi connectivity index (χ4n) is 2.78. The van der Waals surface area contributed by atoms with E-state index in [-0.39, 0.29) is 16.0 Å². The molecule has 1 atom stereocenters. The normalized spacial score (nSPS) is 19.2. The smallest absolute Gasteiger partial charge is 0.316 e. The molecule has 6 nitrogen and oxygen atoms in total. The quantitative estimate of drug-likeness (QED) is 0.504. The van der Waals surface area contributed by atoms with Gasteiger partial charge in [0.1, 0.15) is 11.4 Å². The van der Waals surface area contributed by atoms with Gasteiger partial charge in [-0.15, -0.1) is 0 Å². The van der Waals surface area contributed by atoms with Crippen molar-refractivity contribution in [2.24, 2.45) is 17.2 Å². The van der Waals surface area contributed by atoms with E-state index in [2.05, 4.69) is 31.1 Å². The van der Waals surface area contributed by atoms with Crippen LogP contribution in [0.2, 0.25) is 0 Å². The second kappa shape index (κ2) is 5.28. The average molecular weight is 278 g/mol. The molecule has 0 aromatic heterocycles. The van der Waals surface area contributed by atoms with Gasteiger partial charge in [-0.25, -0.2) is 0 Å². The molecule has 0 aliphatic carbocycles. The summed E-state index contributed by atoms with van der Waals surface area (Å²) in [6.07, 6.45) is 1.06. The molecule has 110 valence electrons. The maximum absolute atomic E-state index is 11.3. The molecule has 0 amide bonds. The summed E-state index contributed by atoms with van der Waals surface area (Å²) in [6.45, 7) is 8.34. The lowest BCUT2D eigenvalue weighted by Gasteiger charge is -2.27. The van der Waals surface area contributed by atoms with E-state index in [1.807, 2.05) is 0 Å². The number of hydrazine groups is 1. The molecule has 1 saturated heterocycles. The van der Waals surface area contributed by atoms with Gasteiger partial charge in [0, 0.05) is 13.1 Å². The van der Waals surface area contributed by atoms with Gasteiger partial charge in [-0.2, -0.15) is 0 Å². The first kappa shape index (κ1) is 14.6. The number of hydrogen-bond acceptors (Lipinski definition) is 5. The number of nitrogens with zero attached hydrogens (tertiary/aromatic N) is 2. The molecule has 0 bridgehead atoms. The Bertz CT molecular complexity index is 510. The van der Waals surface area contributed by atoms with Gasteiger partial charge in [-0.1, -0.05) is 26.8 Å². The van der Waals surface area contributed by atoms with Crippen molar-refractivity contribution < 1.29 is 4.92 Å². The van der Waals surface area contributed by atoms with Crippen molar-refractivity contribution in [2.45, 2.75) is 27.2 Å². The van der Waals surface area contributed by atoms with Crippen molar-refractivity contribution in [3.8, 4) is 0 Å². The Morgan fingerprint density at radius 1 is 1.45 bits per heavy atom. The highest BCUT2D eigenvalue weighted by Crippen LogP contribution is 2.40. The second-order valence-electron chi connectivity index (χ2n) is 6.37. The molecular formula is C14H22N4O2. The number of hydrogen-bond donors (Lipinski definition) is 2. The molecule has 0 spiro atoms. The van der Waals surface area contributed by atoms with Crippen molar-refractivity contribution >= 4 is 17.1 Å². The van der Waals surface area contributed by atoms with Gasteiger partial charge in [0.05, 0.1) is 4.92 Å². The van der Waals surface area contributed by atoms with Crippen molar-refractivity contribution in [1.29, 1.82) is 0 Å². The molecule has 1 aliphatic rings. The van der Waals surface area contributed by atoms with Crippen LogP contribution in [0.3, 0.4) is 0 Å². The SMILES string of the molecule is CC(C)(C)C1CCN(c2cccc(NN)c2[N+](=O)[O-])C1. The fraction of sp³-hybridized carbons (Fsp3) is 0.571. The van der Waals surface area contributed by atoms with Crippen molar-refractivity contribution in [3.63, 3.8) is 0 Å². The van der Waals surface area contributed by atoms with Gasteiger partial charge in [0.25, 0.3) is 0 Å². The minimum absolute atomic E-state index is 0.0598. The van der Waals surface area contributed by atoms with Gasteiger partial charge < -0.3 is 10.3 Å². The minimum Gasteiger partial charge on any atom is -0.366 e. The number of nitrogens with two attached hydrogens (primary N) is 1. The largest absolute Gasteiger partial charge is 0.366 e. The number of nitrogen functional groups attached to an aromatic ring is 1. The first-order valence-corrected chi connectivity index (χ1v) is 6.83. The van der Waals surface area contributed by atoms with E-state index in [9.17, 15) is 10.1 Å². The summed E-state index contributed by atoms with van der Waals surface area (Å²) in [4.78, 5) is 13.0. The Kier molecular flexibility index (Phi) is 3.85. The molecule has 6 heteroatoms. The van der Waals surface area contributed by atoms with Crippen molar-refractivity contribution in [3.05, 3.63) is 28.3 Å². The predicted molar refractivity (Wildman–Crippen MR) is 80.7 cm³/mol. The molecule has 1 aromatic carbocycles. The minimum atomic E-state index is -0.366. The molecule has 1 unspecified atom stereocenters. The van der Waals surface area contributed by atoms with Crippen LogP contribution >= 0.6 is 0 Å². The molecule has 2 rings (SSSR count). The van der Waals surface area contributed by atoms with Crippen molar-refractivity contribution in [1.82, 2.24) is 0 Å². The van der Waals surface area contributed by atoms with E-state index in [1.165, 1.54) is 0 Å². The molecule has 1 aromatic rings. The summed E-state index contributed by atoms with van der Waals surface area (Å²) < 4.78 is 0. The van der Waals surface area contributed by atoms with Crippen molar-refractivity contribution in [2.75, 3.05) is 23.4 Å². The summed E-state index contributed by atoms with van der Waals surface area (Å²) in [5.41, 5.74) is 3.69. The highest BCUT2D eigenvalue weighted by atomic mass is 16.6. The Hall–Kier alpha value is -1.82. The topological polar surface area (TPSA) is 84.4 Å². The van der Waals surface area contributed by atoms with Gasteiger partial charge in [0.2, 0.25) is 0 Å². The van der Waals surface area contributed by atoms with Gasteiger partial charge in [0.15, 0.2) is 0 Å². The van der Waals surface area contributed by atoms with Crippen LogP contribution in [0, 0.1) is 21.4 Å². The highest BCUT2D eigenvalue weighted by molar-refractivity contribution is 5.77. The fourth-order valence-corrected chi connectivity index (χ4v) is 2.78. The number of nitrogens with one attached hydrogen (secondary N) is 1. The predicted octanol–water partition coefficient (Wildman–Crippen LogP) is 2.75. The number of nitro groups is 1. The Balaban J connectivity index is 2.33. The summed E-state index contributed by atoms with van der Waals surface area (Å²) in [5, 5.41) is 11.3. The third kappa shape index (κ3) is 2.70. The number of anilines is 2. The summed E-state index contributed by atoms with van der Waals surface area (Å²) in [5.74, 6) is 5.92. The Morgan fingerprint density at radius 3 is 2.65 bits per heavy atom. The zero-order valence-electron chi connectivity index (χ0n) is 12.2. The molecule has 20 heavy (non-hydrogen) atoms. The van der Waals surface area contributed by atoms with Crippen LogP contribution < -0.4 is 16.2 Å². The summed E-state index contributed by atoms with van der Waals surface area (Å²) in [7, 11) is 0. The molecule has 1 aliphatic heterocycles. The standard InChI is InChI=1S/C14H22N4O2/c1-14(2,3)10-7-8-17(9-10)12-6-4-5-11(16-15)13(12)18(19)20/h4-6,10,16H,7-9,15H2,1-3H3. The van der Waals surface area contributed by atoms with Crippen LogP contribution in [0.4, 0.5) is 17.1 Å². The maximum atomic E-state index is 11.3. The number of benzene rings is 1. The van der Waals surface area contributed by atoms with E-state index in [0.29, 0.717) is 17.3 Å². The summed E-state index contributed by atoms with van der Waals surface area (Å²) >= 11 is 0. The molecule has 0 saturated carbocycles. The van der Waals surface area contributed by atoms with Crippen LogP contribution in [0.15, 0.2) is 18.2 Å². The third-order valence-corrected chi connectivity index (χ3v) is 4.11. The number of nitro benzene ring substituents is 1. The monoisotopic (exact) mass is 278 g/mol. The van der Waals surface area contributed by atoms with E-state index in [4.69, 9.17) is 5.84 Å². The first-order valence-electron chi connectivity index (χ1n) is 6.83. The third-order valence-electron chi connectivity index (χ3n) is 4.11. The molecule has 1 fully saturated rings.